The van der Waals surface area contributed by atoms with Crippen LogP contribution in [-0.4, -0.2) is 41.5 Å². The zero-order chi connectivity index (χ0) is 25.3. The molecule has 0 spiro atoms. The van der Waals surface area contributed by atoms with Gasteiger partial charge in [-0.05, 0) is 0 Å². The molecule has 0 heterocycles. The SMILES string of the molecule is C=C[C@@](O[CH2][Sn]([CH2]CCC)([CH2]CCC)[CH2]CCC)(/C(C)=C/C)[C@H](C)OCOCc1ccccc1. The molecule has 0 aliphatic carbocycles. The molecule has 0 radical (unpaired) electrons. The fourth-order valence-corrected chi connectivity index (χ4v) is 19.1. The number of rotatable bonds is 20. The van der Waals surface area contributed by atoms with Crippen molar-refractivity contribution in [2.24, 2.45) is 0 Å². The van der Waals surface area contributed by atoms with Gasteiger partial charge in [-0.3, -0.25) is 0 Å². The van der Waals surface area contributed by atoms with Gasteiger partial charge in [0.25, 0.3) is 0 Å². The summed E-state index contributed by atoms with van der Waals surface area (Å²) in [5.41, 5.74) is 1.70. The molecule has 194 valence electrons. The molecule has 1 aromatic carbocycles. The maximum atomic E-state index is 6.99. The van der Waals surface area contributed by atoms with Gasteiger partial charge in [0.05, 0.1) is 0 Å². The summed E-state index contributed by atoms with van der Waals surface area (Å²) in [6.07, 6.45) is 11.8. The molecule has 4 heteroatoms. The number of hydrogen-bond donors (Lipinski definition) is 0. The van der Waals surface area contributed by atoms with Gasteiger partial charge in [0.2, 0.25) is 0 Å². The van der Waals surface area contributed by atoms with Crippen LogP contribution in [0.2, 0.25) is 13.3 Å². The van der Waals surface area contributed by atoms with Crippen LogP contribution in [-0.2, 0) is 20.8 Å². The first-order valence-electron chi connectivity index (χ1n) is 13.6. The summed E-state index contributed by atoms with van der Waals surface area (Å²) in [6.45, 7) is 18.3. The van der Waals surface area contributed by atoms with Gasteiger partial charge in [0, 0.05) is 0 Å². The van der Waals surface area contributed by atoms with E-state index in [1.807, 2.05) is 24.3 Å². The standard InChI is InChI=1S/C18H25O3.3C4H9.Sn/c1-6-15(3)18(7-2,19-5)16(4)21-14-20-13-17-11-9-8-10-12-17;3*1-3-4-2;/h6-12,16H,2,5,13-14H2,1,3-4H3;3*1,3-4H2,2H3;/b15-6+;;;;/t16-,18+;;;;/m0..../s1. The molecule has 1 aromatic rings. The van der Waals surface area contributed by atoms with E-state index in [2.05, 4.69) is 66.3 Å². The van der Waals surface area contributed by atoms with Gasteiger partial charge < -0.3 is 0 Å². The van der Waals surface area contributed by atoms with Gasteiger partial charge in [-0.25, -0.2) is 0 Å². The molecule has 0 amide bonds. The van der Waals surface area contributed by atoms with Crippen LogP contribution in [0.5, 0.6) is 0 Å². The third-order valence-electron chi connectivity index (χ3n) is 7.27. The fraction of sp³-hybridized carbons (Fsp3) is 0.667. The van der Waals surface area contributed by atoms with Gasteiger partial charge in [-0.2, -0.15) is 0 Å². The second-order valence-corrected chi connectivity index (χ2v) is 23.5. The second kappa shape index (κ2) is 17.8. The van der Waals surface area contributed by atoms with Crippen molar-refractivity contribution >= 4 is 18.4 Å². The van der Waals surface area contributed by atoms with E-state index in [0.717, 1.165) is 10.2 Å². The molecular formula is C30H52O3Sn. The van der Waals surface area contributed by atoms with E-state index in [1.54, 1.807) is 0 Å². The molecule has 0 bridgehead atoms. The maximum absolute atomic E-state index is 6.99. The van der Waals surface area contributed by atoms with Crippen LogP contribution < -0.4 is 0 Å². The van der Waals surface area contributed by atoms with Crippen LogP contribution in [0.1, 0.15) is 85.6 Å². The molecule has 0 saturated heterocycles. The van der Waals surface area contributed by atoms with Gasteiger partial charge in [-0.1, -0.05) is 0 Å². The number of allylic oxidation sites excluding steroid dienone is 1. The number of hydrogen-bond acceptors (Lipinski definition) is 3. The summed E-state index contributed by atoms with van der Waals surface area (Å²) in [6, 6.07) is 10.2. The average Bonchev–Trinajstić information content (AvgIpc) is 2.88. The van der Waals surface area contributed by atoms with E-state index in [9.17, 15) is 0 Å². The van der Waals surface area contributed by atoms with Gasteiger partial charge in [-0.15, -0.1) is 0 Å². The Bertz CT molecular complexity index is 666. The quantitative estimate of drug-likeness (QED) is 0.0669. The number of benzene rings is 1. The Balaban J connectivity index is 2.97. The Kier molecular flexibility index (Phi) is 16.4. The minimum absolute atomic E-state index is 0.176. The summed E-state index contributed by atoms with van der Waals surface area (Å²) < 4.78 is 24.3. The Hall–Kier alpha value is -0.621. The van der Waals surface area contributed by atoms with Crippen LogP contribution >= 0.6 is 0 Å². The predicted octanol–water partition coefficient (Wildman–Crippen LogP) is 8.86. The third kappa shape index (κ3) is 10.2. The van der Waals surface area contributed by atoms with Crippen molar-refractivity contribution in [1.29, 1.82) is 0 Å². The topological polar surface area (TPSA) is 27.7 Å². The van der Waals surface area contributed by atoms with Gasteiger partial charge in [0.1, 0.15) is 0 Å². The van der Waals surface area contributed by atoms with E-state index in [1.165, 1.54) is 57.4 Å². The fourth-order valence-electron chi connectivity index (χ4n) is 4.69. The molecule has 3 nitrogen and oxygen atoms in total. The molecule has 34 heavy (non-hydrogen) atoms. The molecular weight excluding hydrogens is 527 g/mol. The van der Waals surface area contributed by atoms with Crippen LogP contribution in [0.3, 0.4) is 0 Å². The Morgan fingerprint density at radius 1 is 1.00 bits per heavy atom. The van der Waals surface area contributed by atoms with Crippen molar-refractivity contribution in [3.8, 4) is 0 Å². The van der Waals surface area contributed by atoms with Crippen LogP contribution in [0.4, 0.5) is 0 Å². The van der Waals surface area contributed by atoms with Gasteiger partial charge >= 0.3 is 216 Å². The summed E-state index contributed by atoms with van der Waals surface area (Å²) in [5, 5.41) is 0. The second-order valence-electron chi connectivity index (χ2n) is 9.83. The van der Waals surface area contributed by atoms with Crippen LogP contribution in [0, 0.1) is 0 Å². The molecule has 1 rings (SSSR count). The Morgan fingerprint density at radius 3 is 2.03 bits per heavy atom. The Labute approximate surface area is 215 Å². The van der Waals surface area contributed by atoms with E-state index < -0.39 is 24.0 Å². The number of ether oxygens (including phenoxy) is 3. The summed E-state index contributed by atoms with van der Waals surface area (Å²) >= 11 is -2.46. The van der Waals surface area contributed by atoms with Crippen molar-refractivity contribution in [2.75, 3.05) is 11.4 Å². The first-order chi connectivity index (χ1) is 16.4. The van der Waals surface area contributed by atoms with Crippen molar-refractivity contribution in [3.05, 3.63) is 60.2 Å². The minimum atomic E-state index is -2.46. The first kappa shape index (κ1) is 31.4. The third-order valence-corrected chi connectivity index (χ3v) is 21.5. The average molecular weight is 579 g/mol. The molecule has 2 atom stereocenters. The zero-order valence-corrected chi connectivity index (χ0v) is 25.9. The van der Waals surface area contributed by atoms with Crippen molar-refractivity contribution < 1.29 is 14.2 Å². The van der Waals surface area contributed by atoms with Crippen LogP contribution in [0.15, 0.2) is 54.6 Å². The van der Waals surface area contributed by atoms with Crippen molar-refractivity contribution in [1.82, 2.24) is 0 Å². The van der Waals surface area contributed by atoms with Crippen LogP contribution in [0.25, 0.3) is 0 Å². The summed E-state index contributed by atoms with van der Waals surface area (Å²) in [4.78, 5) is 0. The van der Waals surface area contributed by atoms with Crippen molar-refractivity contribution in [2.45, 2.75) is 112 Å². The van der Waals surface area contributed by atoms with Crippen molar-refractivity contribution in [3.63, 3.8) is 0 Å². The normalized spacial score (nSPS) is 15.2. The molecule has 0 saturated carbocycles. The molecule has 0 aliphatic rings. The van der Waals surface area contributed by atoms with E-state index in [4.69, 9.17) is 14.2 Å². The Morgan fingerprint density at radius 2 is 1.56 bits per heavy atom. The first-order valence-corrected chi connectivity index (χ1v) is 21.6. The van der Waals surface area contributed by atoms with E-state index >= 15 is 0 Å². The molecule has 0 aromatic heterocycles. The predicted molar refractivity (Wildman–Crippen MR) is 150 cm³/mol. The monoisotopic (exact) mass is 580 g/mol. The summed E-state index contributed by atoms with van der Waals surface area (Å²) in [7, 11) is 0. The van der Waals surface area contributed by atoms with E-state index in [-0.39, 0.29) is 12.9 Å². The molecule has 0 fully saturated rings. The summed E-state index contributed by atoms with van der Waals surface area (Å²) in [5.74, 6) is 0. The molecule has 0 aliphatic heterocycles. The number of unbranched alkanes of at least 4 members (excludes halogenated alkanes) is 3. The van der Waals surface area contributed by atoms with Gasteiger partial charge in [0.15, 0.2) is 0 Å². The van der Waals surface area contributed by atoms with E-state index in [0.29, 0.717) is 6.61 Å². The molecule has 0 N–H and O–H groups in total. The molecule has 0 unspecified atom stereocenters. The zero-order valence-electron chi connectivity index (χ0n) is 23.0.